The highest BCUT2D eigenvalue weighted by molar-refractivity contribution is 5.69. The molecule has 0 spiro atoms. The molecule has 0 aliphatic carbocycles. The van der Waals surface area contributed by atoms with E-state index in [0.717, 1.165) is 17.0 Å². The lowest BCUT2D eigenvalue weighted by atomic mass is 10.2. The fourth-order valence-electron chi connectivity index (χ4n) is 3.19. The number of carbonyl (C=O) groups is 1. The molecule has 150 valence electrons. The Hall–Kier alpha value is -3.09. The van der Waals surface area contributed by atoms with Crippen molar-refractivity contribution in [3.05, 3.63) is 96.1 Å². The highest BCUT2D eigenvalue weighted by Gasteiger charge is 2.14. The van der Waals surface area contributed by atoms with E-state index in [1.165, 1.54) is 0 Å². The largest absolute Gasteiger partial charge is 0.480 e. The number of aromatic nitrogens is 2. The molecule has 2 aromatic heterocycles. The number of hydrogen-bond acceptors (Lipinski definition) is 5. The van der Waals surface area contributed by atoms with Crippen LogP contribution < -0.4 is 0 Å². The first-order chi connectivity index (χ1) is 14.2. The van der Waals surface area contributed by atoms with Crippen LogP contribution in [0.3, 0.4) is 0 Å². The zero-order valence-corrected chi connectivity index (χ0v) is 16.4. The van der Waals surface area contributed by atoms with E-state index in [1.807, 2.05) is 71.6 Å². The van der Waals surface area contributed by atoms with Crippen molar-refractivity contribution < 1.29 is 9.90 Å². The van der Waals surface area contributed by atoms with Crippen molar-refractivity contribution in [2.24, 2.45) is 0 Å². The van der Waals surface area contributed by atoms with Gasteiger partial charge in [0, 0.05) is 45.1 Å². The van der Waals surface area contributed by atoms with Crippen LogP contribution in [0.2, 0.25) is 0 Å². The molecule has 0 bridgehead atoms. The predicted molar refractivity (Wildman–Crippen MR) is 112 cm³/mol. The molecular weight excluding hydrogens is 364 g/mol. The zero-order chi connectivity index (χ0) is 20.3. The van der Waals surface area contributed by atoms with E-state index in [-0.39, 0.29) is 6.54 Å². The van der Waals surface area contributed by atoms with E-state index in [2.05, 4.69) is 14.9 Å². The van der Waals surface area contributed by atoms with Crippen molar-refractivity contribution in [1.82, 2.24) is 19.8 Å². The Kier molecular flexibility index (Phi) is 7.86. The number of benzene rings is 1. The first kappa shape index (κ1) is 20.6. The Morgan fingerprint density at radius 2 is 1.28 bits per heavy atom. The van der Waals surface area contributed by atoms with E-state index >= 15 is 0 Å². The summed E-state index contributed by atoms with van der Waals surface area (Å²) in [5, 5.41) is 9.32. The molecule has 0 fully saturated rings. The van der Waals surface area contributed by atoms with Gasteiger partial charge in [0.05, 0.1) is 17.9 Å². The second kappa shape index (κ2) is 11.0. The lowest BCUT2D eigenvalue weighted by Gasteiger charge is -2.26. The summed E-state index contributed by atoms with van der Waals surface area (Å²) in [6.07, 6.45) is 3.58. The number of nitrogens with zero attached hydrogens (tertiary/aromatic N) is 4. The summed E-state index contributed by atoms with van der Waals surface area (Å²) in [5.74, 6) is -0.818. The average molecular weight is 390 g/mol. The molecule has 0 saturated heterocycles. The molecule has 0 aliphatic rings. The van der Waals surface area contributed by atoms with E-state index < -0.39 is 5.97 Å². The second-order valence-corrected chi connectivity index (χ2v) is 6.94. The zero-order valence-electron chi connectivity index (χ0n) is 16.4. The van der Waals surface area contributed by atoms with E-state index in [1.54, 1.807) is 12.4 Å². The van der Waals surface area contributed by atoms with Crippen LogP contribution in [0.1, 0.15) is 17.0 Å². The third kappa shape index (κ3) is 7.44. The summed E-state index contributed by atoms with van der Waals surface area (Å²) in [4.78, 5) is 24.4. The first-order valence-electron chi connectivity index (χ1n) is 9.69. The molecule has 0 unspecified atom stereocenters. The third-order valence-electron chi connectivity index (χ3n) is 4.56. The number of carboxylic acids is 1. The maximum Gasteiger partial charge on any atom is 0.317 e. The van der Waals surface area contributed by atoms with E-state index in [4.69, 9.17) is 0 Å². The van der Waals surface area contributed by atoms with Crippen LogP contribution in [0.15, 0.2) is 79.1 Å². The van der Waals surface area contributed by atoms with Gasteiger partial charge in [-0.2, -0.15) is 0 Å². The maximum absolute atomic E-state index is 11.4. The van der Waals surface area contributed by atoms with Crippen LogP contribution in [0.5, 0.6) is 0 Å². The Morgan fingerprint density at radius 3 is 1.79 bits per heavy atom. The number of rotatable bonds is 11. The summed E-state index contributed by atoms with van der Waals surface area (Å²) >= 11 is 0. The van der Waals surface area contributed by atoms with Crippen molar-refractivity contribution >= 4 is 5.97 Å². The average Bonchev–Trinajstić information content (AvgIpc) is 2.74. The molecule has 0 atom stereocenters. The van der Waals surface area contributed by atoms with Crippen molar-refractivity contribution in [1.29, 1.82) is 0 Å². The molecule has 3 rings (SSSR count). The summed E-state index contributed by atoms with van der Waals surface area (Å²) in [6.45, 7) is 3.34. The highest BCUT2D eigenvalue weighted by Crippen LogP contribution is 2.09. The lowest BCUT2D eigenvalue weighted by molar-refractivity contribution is -0.138. The van der Waals surface area contributed by atoms with Crippen molar-refractivity contribution in [2.75, 3.05) is 19.6 Å². The monoisotopic (exact) mass is 390 g/mol. The molecular formula is C23H26N4O2. The molecule has 0 amide bonds. The summed E-state index contributed by atoms with van der Waals surface area (Å²) in [7, 11) is 0. The topological polar surface area (TPSA) is 69.6 Å². The van der Waals surface area contributed by atoms with Gasteiger partial charge in [0.15, 0.2) is 0 Å². The fraction of sp³-hybridized carbons (Fsp3) is 0.261. The summed E-state index contributed by atoms with van der Waals surface area (Å²) in [6, 6.07) is 21.7. The SMILES string of the molecule is O=C(O)CN(CCN(Cc1ccccn1)Cc1ccccn1)Cc1ccccc1. The number of pyridine rings is 2. The molecule has 2 heterocycles. The minimum Gasteiger partial charge on any atom is -0.480 e. The van der Waals surface area contributed by atoms with Gasteiger partial charge >= 0.3 is 5.97 Å². The predicted octanol–water partition coefficient (Wildman–Crippen LogP) is 3.07. The summed E-state index contributed by atoms with van der Waals surface area (Å²) < 4.78 is 0. The Bertz CT molecular complexity index is 818. The van der Waals surface area contributed by atoms with Gasteiger partial charge in [-0.05, 0) is 29.8 Å². The molecule has 6 nitrogen and oxygen atoms in total. The van der Waals surface area contributed by atoms with Gasteiger partial charge < -0.3 is 5.11 Å². The number of carboxylic acid groups (broad SMARTS) is 1. The van der Waals surface area contributed by atoms with Crippen LogP contribution in [-0.2, 0) is 24.4 Å². The maximum atomic E-state index is 11.4. The molecule has 0 radical (unpaired) electrons. The Labute approximate surface area is 171 Å². The molecule has 1 aromatic carbocycles. The molecule has 3 aromatic rings. The first-order valence-corrected chi connectivity index (χ1v) is 9.69. The van der Waals surface area contributed by atoms with Gasteiger partial charge in [-0.3, -0.25) is 24.6 Å². The lowest BCUT2D eigenvalue weighted by Crippen LogP contribution is -2.37. The molecule has 29 heavy (non-hydrogen) atoms. The smallest absolute Gasteiger partial charge is 0.317 e. The van der Waals surface area contributed by atoms with E-state index in [9.17, 15) is 9.90 Å². The van der Waals surface area contributed by atoms with Crippen molar-refractivity contribution in [3.63, 3.8) is 0 Å². The summed E-state index contributed by atoms with van der Waals surface area (Å²) in [5.41, 5.74) is 3.07. The van der Waals surface area contributed by atoms with Gasteiger partial charge in [0.1, 0.15) is 0 Å². The molecule has 1 N–H and O–H groups in total. The molecule has 6 heteroatoms. The minimum absolute atomic E-state index is 0.00983. The van der Waals surface area contributed by atoms with Gasteiger partial charge in [-0.1, -0.05) is 42.5 Å². The minimum atomic E-state index is -0.818. The highest BCUT2D eigenvalue weighted by atomic mass is 16.4. The second-order valence-electron chi connectivity index (χ2n) is 6.94. The number of hydrogen-bond donors (Lipinski definition) is 1. The van der Waals surface area contributed by atoms with Gasteiger partial charge in [0.25, 0.3) is 0 Å². The van der Waals surface area contributed by atoms with Crippen LogP contribution >= 0.6 is 0 Å². The van der Waals surface area contributed by atoms with Crippen LogP contribution in [0.4, 0.5) is 0 Å². The van der Waals surface area contributed by atoms with Crippen LogP contribution in [0.25, 0.3) is 0 Å². The van der Waals surface area contributed by atoms with E-state index in [0.29, 0.717) is 32.7 Å². The fourth-order valence-corrected chi connectivity index (χ4v) is 3.19. The standard InChI is InChI=1S/C23H26N4O2/c28-23(29)19-26(16-20-8-2-1-3-9-20)14-15-27(17-21-10-4-6-12-24-21)18-22-11-5-7-13-25-22/h1-13H,14-19H2,(H,28,29). The van der Waals surface area contributed by atoms with Gasteiger partial charge in [-0.25, -0.2) is 0 Å². The normalized spacial score (nSPS) is 11.1. The van der Waals surface area contributed by atoms with Crippen molar-refractivity contribution in [3.8, 4) is 0 Å². The van der Waals surface area contributed by atoms with Crippen molar-refractivity contribution in [2.45, 2.75) is 19.6 Å². The Balaban J connectivity index is 1.67. The van der Waals surface area contributed by atoms with Gasteiger partial charge in [0.2, 0.25) is 0 Å². The molecule has 0 aliphatic heterocycles. The Morgan fingerprint density at radius 1 is 0.724 bits per heavy atom. The number of aliphatic carboxylic acids is 1. The van der Waals surface area contributed by atoms with Crippen LogP contribution in [0, 0.1) is 0 Å². The van der Waals surface area contributed by atoms with Gasteiger partial charge in [-0.15, -0.1) is 0 Å². The van der Waals surface area contributed by atoms with Crippen LogP contribution in [-0.4, -0.2) is 50.5 Å². The molecule has 0 saturated carbocycles. The quantitative estimate of drug-likeness (QED) is 0.543. The third-order valence-corrected chi connectivity index (χ3v) is 4.56.